The van der Waals surface area contributed by atoms with Gasteiger partial charge in [0.15, 0.2) is 0 Å². The lowest BCUT2D eigenvalue weighted by molar-refractivity contribution is 0.500. The third-order valence-electron chi connectivity index (χ3n) is 3.62. The maximum atomic E-state index is 14.3. The monoisotopic (exact) mass is 290 g/mol. The van der Waals surface area contributed by atoms with Crippen LogP contribution < -0.4 is 10.2 Å². The molecule has 0 saturated carbocycles. The van der Waals surface area contributed by atoms with Crippen molar-refractivity contribution < 1.29 is 8.81 Å². The summed E-state index contributed by atoms with van der Waals surface area (Å²) in [6.07, 6.45) is 1.66. The Bertz CT molecular complexity index is 554. The lowest BCUT2D eigenvalue weighted by Gasteiger charge is -2.27. The number of benzene rings is 1. The largest absolute Gasteiger partial charge is 0.467 e. The molecule has 0 saturated heterocycles. The van der Waals surface area contributed by atoms with Crippen molar-refractivity contribution in [2.24, 2.45) is 0 Å². The van der Waals surface area contributed by atoms with Crippen LogP contribution in [0, 0.1) is 5.82 Å². The highest BCUT2D eigenvalue weighted by Crippen LogP contribution is 2.30. The molecule has 0 amide bonds. The van der Waals surface area contributed by atoms with Crippen LogP contribution >= 0.6 is 0 Å². The molecule has 1 unspecified atom stereocenters. The van der Waals surface area contributed by atoms with E-state index in [-0.39, 0.29) is 11.9 Å². The minimum absolute atomic E-state index is 0.0307. The van der Waals surface area contributed by atoms with E-state index in [4.69, 9.17) is 4.42 Å². The molecule has 1 aromatic heterocycles. The first-order valence-electron chi connectivity index (χ1n) is 7.46. The van der Waals surface area contributed by atoms with Crippen molar-refractivity contribution in [1.82, 2.24) is 5.32 Å². The van der Waals surface area contributed by atoms with Gasteiger partial charge in [0.1, 0.15) is 11.6 Å². The number of furan rings is 1. The standard InChI is InChI=1S/C17H23FN2O/c1-4-19-13(3)17-15(18)9-6-10-16(17)20(5-2)12-14-8-7-11-21-14/h6-11,13,19H,4-5,12H2,1-3H3. The normalized spacial score (nSPS) is 12.4. The van der Waals surface area contributed by atoms with E-state index < -0.39 is 0 Å². The lowest BCUT2D eigenvalue weighted by Crippen LogP contribution is -2.27. The summed E-state index contributed by atoms with van der Waals surface area (Å²) in [4.78, 5) is 2.13. The van der Waals surface area contributed by atoms with Gasteiger partial charge in [-0.2, -0.15) is 0 Å². The van der Waals surface area contributed by atoms with Gasteiger partial charge in [0.05, 0.1) is 12.8 Å². The highest BCUT2D eigenvalue weighted by atomic mass is 19.1. The van der Waals surface area contributed by atoms with Gasteiger partial charge >= 0.3 is 0 Å². The van der Waals surface area contributed by atoms with E-state index in [9.17, 15) is 4.39 Å². The van der Waals surface area contributed by atoms with Crippen molar-refractivity contribution in [2.75, 3.05) is 18.0 Å². The van der Waals surface area contributed by atoms with Crippen molar-refractivity contribution in [2.45, 2.75) is 33.4 Å². The number of halogens is 1. The van der Waals surface area contributed by atoms with E-state index in [1.165, 1.54) is 6.07 Å². The average molecular weight is 290 g/mol. The first kappa shape index (κ1) is 15.6. The minimum atomic E-state index is -0.168. The molecule has 1 atom stereocenters. The molecule has 0 spiro atoms. The van der Waals surface area contributed by atoms with Crippen LogP contribution in [-0.2, 0) is 6.54 Å². The minimum Gasteiger partial charge on any atom is -0.467 e. The topological polar surface area (TPSA) is 28.4 Å². The van der Waals surface area contributed by atoms with Gasteiger partial charge in [-0.15, -0.1) is 0 Å². The van der Waals surface area contributed by atoms with E-state index in [2.05, 4.69) is 17.1 Å². The smallest absolute Gasteiger partial charge is 0.130 e. The predicted octanol–water partition coefficient (Wildman–Crippen LogP) is 4.12. The zero-order chi connectivity index (χ0) is 15.2. The molecule has 1 N–H and O–H groups in total. The van der Waals surface area contributed by atoms with Crippen LogP contribution in [0.3, 0.4) is 0 Å². The van der Waals surface area contributed by atoms with Crippen LogP contribution in [0.15, 0.2) is 41.0 Å². The molecule has 0 fully saturated rings. The second kappa shape index (κ2) is 7.27. The molecule has 4 heteroatoms. The number of anilines is 1. The highest BCUT2D eigenvalue weighted by Gasteiger charge is 2.19. The van der Waals surface area contributed by atoms with Gasteiger partial charge < -0.3 is 14.6 Å². The maximum Gasteiger partial charge on any atom is 0.130 e. The Hall–Kier alpha value is -1.81. The summed E-state index contributed by atoms with van der Waals surface area (Å²) in [7, 11) is 0. The van der Waals surface area contributed by atoms with E-state index in [1.807, 2.05) is 32.0 Å². The number of rotatable bonds is 7. The first-order chi connectivity index (χ1) is 10.2. The van der Waals surface area contributed by atoms with E-state index in [1.54, 1.807) is 12.3 Å². The molecule has 114 valence electrons. The summed E-state index contributed by atoms with van der Waals surface area (Å²) in [5.74, 6) is 0.710. The zero-order valence-electron chi connectivity index (χ0n) is 12.9. The third-order valence-corrected chi connectivity index (χ3v) is 3.62. The summed E-state index contributed by atoms with van der Waals surface area (Å²) in [5.41, 5.74) is 1.63. The Labute approximate surface area is 125 Å². The number of hydrogen-bond donors (Lipinski definition) is 1. The maximum absolute atomic E-state index is 14.3. The van der Waals surface area contributed by atoms with Gasteiger partial charge in [0.25, 0.3) is 0 Å². The van der Waals surface area contributed by atoms with E-state index in [0.29, 0.717) is 12.1 Å². The zero-order valence-corrected chi connectivity index (χ0v) is 12.9. The lowest BCUT2D eigenvalue weighted by atomic mass is 10.0. The second-order valence-electron chi connectivity index (χ2n) is 5.05. The Morgan fingerprint density at radius 3 is 2.67 bits per heavy atom. The molecule has 0 aliphatic heterocycles. The molecule has 0 bridgehead atoms. The van der Waals surface area contributed by atoms with Gasteiger partial charge in [-0.05, 0) is 44.7 Å². The molecule has 1 heterocycles. The molecular formula is C17H23FN2O. The van der Waals surface area contributed by atoms with Gasteiger partial charge in [-0.25, -0.2) is 4.39 Å². The Balaban J connectivity index is 2.34. The fourth-order valence-corrected chi connectivity index (χ4v) is 2.60. The van der Waals surface area contributed by atoms with Gasteiger partial charge in [0, 0.05) is 23.8 Å². The summed E-state index contributed by atoms with van der Waals surface area (Å²) in [6.45, 7) is 8.31. The average Bonchev–Trinajstić information content (AvgIpc) is 2.97. The van der Waals surface area contributed by atoms with Crippen LogP contribution in [0.1, 0.15) is 38.1 Å². The molecule has 21 heavy (non-hydrogen) atoms. The number of nitrogens with one attached hydrogen (secondary N) is 1. The molecular weight excluding hydrogens is 267 g/mol. The fraction of sp³-hybridized carbons (Fsp3) is 0.412. The molecule has 2 rings (SSSR count). The van der Waals surface area contributed by atoms with Gasteiger partial charge in [0.2, 0.25) is 0 Å². The molecule has 0 aliphatic rings. The van der Waals surface area contributed by atoms with Crippen LogP contribution in [0.5, 0.6) is 0 Å². The molecule has 3 nitrogen and oxygen atoms in total. The predicted molar refractivity (Wildman–Crippen MR) is 83.9 cm³/mol. The first-order valence-corrected chi connectivity index (χ1v) is 7.46. The second-order valence-corrected chi connectivity index (χ2v) is 5.05. The van der Waals surface area contributed by atoms with Crippen molar-refractivity contribution in [3.8, 4) is 0 Å². The Morgan fingerprint density at radius 2 is 2.05 bits per heavy atom. The number of nitrogens with zero attached hydrogens (tertiary/aromatic N) is 1. The molecule has 0 radical (unpaired) electrons. The fourth-order valence-electron chi connectivity index (χ4n) is 2.60. The van der Waals surface area contributed by atoms with Crippen molar-refractivity contribution in [3.05, 3.63) is 53.7 Å². The highest BCUT2D eigenvalue weighted by molar-refractivity contribution is 5.55. The third kappa shape index (κ3) is 3.64. The van der Waals surface area contributed by atoms with Crippen LogP contribution in [0.4, 0.5) is 10.1 Å². The molecule has 2 aromatic rings. The Kier molecular flexibility index (Phi) is 5.39. The van der Waals surface area contributed by atoms with Crippen LogP contribution in [0.2, 0.25) is 0 Å². The van der Waals surface area contributed by atoms with Crippen LogP contribution in [0.25, 0.3) is 0 Å². The molecule has 1 aromatic carbocycles. The Morgan fingerprint density at radius 1 is 1.24 bits per heavy atom. The summed E-state index contributed by atoms with van der Waals surface area (Å²) in [5, 5.41) is 3.29. The molecule has 0 aliphatic carbocycles. The van der Waals surface area contributed by atoms with Crippen molar-refractivity contribution >= 4 is 5.69 Å². The van der Waals surface area contributed by atoms with Crippen molar-refractivity contribution in [1.29, 1.82) is 0 Å². The number of hydrogen-bond acceptors (Lipinski definition) is 3. The van der Waals surface area contributed by atoms with Gasteiger partial charge in [-0.3, -0.25) is 0 Å². The van der Waals surface area contributed by atoms with Crippen LogP contribution in [-0.4, -0.2) is 13.1 Å². The van der Waals surface area contributed by atoms with E-state index >= 15 is 0 Å². The van der Waals surface area contributed by atoms with E-state index in [0.717, 1.165) is 24.5 Å². The van der Waals surface area contributed by atoms with Gasteiger partial charge in [-0.1, -0.05) is 13.0 Å². The quantitative estimate of drug-likeness (QED) is 0.831. The van der Waals surface area contributed by atoms with Crippen molar-refractivity contribution in [3.63, 3.8) is 0 Å². The summed E-state index contributed by atoms with van der Waals surface area (Å²) < 4.78 is 19.7. The summed E-state index contributed by atoms with van der Waals surface area (Å²) in [6, 6.07) is 9.03. The SMILES string of the molecule is CCNC(C)c1c(F)cccc1N(CC)Cc1ccco1. The summed E-state index contributed by atoms with van der Waals surface area (Å²) >= 11 is 0.